The molecule has 0 radical (unpaired) electrons. The standard InChI is InChI=1S/C23H44NO4P/c1-3-4-5-6-7-8-9-10-11-12-13-14-15-16-17-18-21-27-29(25,26)28-23-19-20-24(2)22-23/h7-8,10-11,23H,3-6,9,12-22H2,1-2H3,(H,25,26). The molecule has 1 heterocycles. The summed E-state index contributed by atoms with van der Waals surface area (Å²) in [7, 11) is -1.91. The van der Waals surface area contributed by atoms with E-state index >= 15 is 0 Å². The van der Waals surface area contributed by atoms with Crippen molar-refractivity contribution in [2.45, 2.75) is 96.5 Å². The maximum atomic E-state index is 11.9. The van der Waals surface area contributed by atoms with Crippen LogP contribution in [0.1, 0.15) is 90.4 Å². The number of likely N-dealkylation sites (tertiary alicyclic amines) is 1. The third-order valence-corrected chi connectivity index (χ3v) is 6.30. The fraction of sp³-hybridized carbons (Fsp3) is 0.826. The molecule has 0 saturated carbocycles. The Morgan fingerprint density at radius 2 is 1.59 bits per heavy atom. The van der Waals surface area contributed by atoms with Crippen LogP contribution < -0.4 is 0 Å². The van der Waals surface area contributed by atoms with E-state index in [4.69, 9.17) is 9.05 Å². The Bertz CT molecular complexity index is 495. The fourth-order valence-corrected chi connectivity index (χ4v) is 4.44. The van der Waals surface area contributed by atoms with E-state index in [0.29, 0.717) is 13.2 Å². The van der Waals surface area contributed by atoms with Gasteiger partial charge in [0.1, 0.15) is 0 Å². The number of rotatable bonds is 18. The summed E-state index contributed by atoms with van der Waals surface area (Å²) in [6, 6.07) is 0. The third kappa shape index (κ3) is 16.0. The number of phosphoric ester groups is 1. The largest absolute Gasteiger partial charge is 0.472 e. The molecule has 0 aromatic carbocycles. The predicted octanol–water partition coefficient (Wildman–Crippen LogP) is 6.64. The topological polar surface area (TPSA) is 59.0 Å². The second kappa shape index (κ2) is 17.3. The first-order chi connectivity index (χ1) is 14.0. The fourth-order valence-electron chi connectivity index (χ4n) is 3.47. The van der Waals surface area contributed by atoms with Crippen LogP contribution in [-0.4, -0.2) is 42.6 Å². The van der Waals surface area contributed by atoms with E-state index in [9.17, 15) is 9.46 Å². The molecule has 1 aliphatic heterocycles. The normalized spacial score (nSPS) is 20.2. The molecule has 1 aliphatic rings. The van der Waals surface area contributed by atoms with Gasteiger partial charge in [0.05, 0.1) is 12.7 Å². The highest BCUT2D eigenvalue weighted by Crippen LogP contribution is 2.45. The molecule has 0 aromatic heterocycles. The molecule has 2 unspecified atom stereocenters. The summed E-state index contributed by atoms with van der Waals surface area (Å²) >= 11 is 0. The van der Waals surface area contributed by atoms with Crippen molar-refractivity contribution in [3.05, 3.63) is 24.3 Å². The van der Waals surface area contributed by atoms with Crippen molar-refractivity contribution in [3.8, 4) is 0 Å². The van der Waals surface area contributed by atoms with Gasteiger partial charge in [0, 0.05) is 13.1 Å². The molecule has 0 aliphatic carbocycles. The van der Waals surface area contributed by atoms with Gasteiger partial charge < -0.3 is 9.79 Å². The molecule has 1 N–H and O–H groups in total. The molecule has 2 atom stereocenters. The molecule has 0 amide bonds. The molecule has 0 spiro atoms. The Hall–Kier alpha value is -0.450. The Labute approximate surface area is 179 Å². The van der Waals surface area contributed by atoms with Crippen molar-refractivity contribution in [1.82, 2.24) is 4.90 Å². The number of likely N-dealkylation sites (N-methyl/N-ethyl adjacent to an activating group) is 1. The molecule has 0 bridgehead atoms. The molecule has 5 nitrogen and oxygen atoms in total. The zero-order valence-corrected chi connectivity index (χ0v) is 19.7. The lowest BCUT2D eigenvalue weighted by molar-refractivity contribution is 0.107. The number of nitrogens with zero attached hydrogens (tertiary/aromatic N) is 1. The Balaban J connectivity index is 1.86. The van der Waals surface area contributed by atoms with Gasteiger partial charge in [-0.25, -0.2) is 4.57 Å². The molecule has 1 fully saturated rings. The third-order valence-electron chi connectivity index (χ3n) is 5.23. The minimum absolute atomic E-state index is 0.188. The average molecular weight is 430 g/mol. The van der Waals surface area contributed by atoms with Crippen molar-refractivity contribution in [1.29, 1.82) is 0 Å². The van der Waals surface area contributed by atoms with Crippen molar-refractivity contribution < 1.29 is 18.5 Å². The van der Waals surface area contributed by atoms with Crippen LogP contribution in [-0.2, 0) is 13.6 Å². The number of phosphoric acid groups is 1. The average Bonchev–Trinajstić information content (AvgIpc) is 3.08. The molecule has 1 rings (SSSR count). The lowest BCUT2D eigenvalue weighted by Gasteiger charge is -2.16. The monoisotopic (exact) mass is 429 g/mol. The summed E-state index contributed by atoms with van der Waals surface area (Å²) in [5.74, 6) is 0. The van der Waals surface area contributed by atoms with E-state index in [-0.39, 0.29) is 6.10 Å². The zero-order chi connectivity index (χ0) is 21.2. The van der Waals surface area contributed by atoms with Crippen LogP contribution in [0.4, 0.5) is 0 Å². The highest BCUT2D eigenvalue weighted by molar-refractivity contribution is 7.47. The molecule has 29 heavy (non-hydrogen) atoms. The van der Waals surface area contributed by atoms with E-state index in [2.05, 4.69) is 36.1 Å². The Morgan fingerprint density at radius 3 is 2.21 bits per heavy atom. The first kappa shape index (κ1) is 26.6. The Morgan fingerprint density at radius 1 is 0.966 bits per heavy atom. The highest BCUT2D eigenvalue weighted by Gasteiger charge is 2.30. The van der Waals surface area contributed by atoms with Crippen LogP contribution in [0.25, 0.3) is 0 Å². The van der Waals surface area contributed by atoms with Crippen molar-refractivity contribution in [3.63, 3.8) is 0 Å². The summed E-state index contributed by atoms with van der Waals surface area (Å²) in [4.78, 5) is 11.9. The van der Waals surface area contributed by atoms with Gasteiger partial charge in [-0.2, -0.15) is 0 Å². The van der Waals surface area contributed by atoms with Crippen molar-refractivity contribution >= 4 is 7.82 Å². The van der Waals surface area contributed by atoms with E-state index in [1.165, 1.54) is 44.9 Å². The van der Waals surface area contributed by atoms with Crippen LogP contribution >= 0.6 is 7.82 Å². The van der Waals surface area contributed by atoms with Gasteiger partial charge in [-0.05, 0) is 52.0 Å². The number of allylic oxidation sites excluding steroid dienone is 4. The van der Waals surface area contributed by atoms with Gasteiger partial charge in [0.15, 0.2) is 0 Å². The van der Waals surface area contributed by atoms with Gasteiger partial charge in [0.25, 0.3) is 0 Å². The second-order valence-electron chi connectivity index (χ2n) is 8.16. The lowest BCUT2D eigenvalue weighted by atomic mass is 10.1. The van der Waals surface area contributed by atoms with Gasteiger partial charge >= 0.3 is 7.82 Å². The van der Waals surface area contributed by atoms with E-state index in [1.807, 2.05) is 7.05 Å². The van der Waals surface area contributed by atoms with E-state index < -0.39 is 7.82 Å². The summed E-state index contributed by atoms with van der Waals surface area (Å²) in [6.45, 7) is 4.13. The maximum Gasteiger partial charge on any atom is 0.472 e. The van der Waals surface area contributed by atoms with Crippen molar-refractivity contribution in [2.24, 2.45) is 0 Å². The Kier molecular flexibility index (Phi) is 15.8. The van der Waals surface area contributed by atoms with E-state index in [1.54, 1.807) is 0 Å². The summed E-state index contributed by atoms with van der Waals surface area (Å²) in [6.07, 6.45) is 23.8. The van der Waals surface area contributed by atoms with Crippen LogP contribution in [0.5, 0.6) is 0 Å². The maximum absolute atomic E-state index is 11.9. The van der Waals surface area contributed by atoms with Gasteiger partial charge in [-0.1, -0.05) is 69.8 Å². The summed E-state index contributed by atoms with van der Waals surface area (Å²) in [5, 5.41) is 0. The zero-order valence-electron chi connectivity index (χ0n) is 18.8. The molecular weight excluding hydrogens is 385 g/mol. The molecule has 0 aromatic rings. The molecule has 1 saturated heterocycles. The van der Waals surface area contributed by atoms with Crippen LogP contribution in [0, 0.1) is 0 Å². The molecular formula is C23H44NO4P. The molecule has 170 valence electrons. The second-order valence-corrected chi connectivity index (χ2v) is 9.57. The van der Waals surface area contributed by atoms with E-state index in [0.717, 1.165) is 45.1 Å². The van der Waals surface area contributed by atoms with Crippen LogP contribution in [0.3, 0.4) is 0 Å². The molecule has 6 heteroatoms. The smallest absolute Gasteiger partial charge is 0.304 e. The number of hydrogen-bond donors (Lipinski definition) is 1. The number of hydrogen-bond acceptors (Lipinski definition) is 4. The SMILES string of the molecule is CCCCCC=CCC=CCCCCCCCCOP(=O)(O)OC1CCN(C)C1. The van der Waals surface area contributed by atoms with Crippen molar-refractivity contribution in [2.75, 3.05) is 26.7 Å². The van der Waals surface area contributed by atoms with Crippen LogP contribution in [0.15, 0.2) is 24.3 Å². The predicted molar refractivity (Wildman–Crippen MR) is 122 cm³/mol. The van der Waals surface area contributed by atoms with Gasteiger partial charge in [0.2, 0.25) is 0 Å². The first-order valence-corrected chi connectivity index (χ1v) is 13.2. The van der Waals surface area contributed by atoms with Gasteiger partial charge in [-0.15, -0.1) is 0 Å². The first-order valence-electron chi connectivity index (χ1n) is 11.7. The summed E-state index contributed by atoms with van der Waals surface area (Å²) < 4.78 is 22.3. The minimum atomic E-state index is -3.90. The van der Waals surface area contributed by atoms with Gasteiger partial charge in [-0.3, -0.25) is 9.05 Å². The summed E-state index contributed by atoms with van der Waals surface area (Å²) in [5.41, 5.74) is 0. The number of unbranched alkanes of at least 4 members (excludes halogenated alkanes) is 9. The lowest BCUT2D eigenvalue weighted by Crippen LogP contribution is -2.18. The van der Waals surface area contributed by atoms with Crippen LogP contribution in [0.2, 0.25) is 0 Å². The highest BCUT2D eigenvalue weighted by atomic mass is 31.2. The quantitative estimate of drug-likeness (QED) is 0.150. The minimum Gasteiger partial charge on any atom is -0.304 e.